The van der Waals surface area contributed by atoms with Crippen LogP contribution in [0, 0.1) is 0 Å². The van der Waals surface area contributed by atoms with Crippen molar-refractivity contribution in [2.24, 2.45) is 0 Å². The van der Waals surface area contributed by atoms with Crippen LogP contribution in [0.4, 0.5) is 0 Å². The number of hydrogen-bond donors (Lipinski definition) is 0. The first-order valence-corrected chi connectivity index (χ1v) is 21.7. The molecule has 0 saturated heterocycles. The molecule has 0 N–H and O–H groups in total. The van der Waals surface area contributed by atoms with Gasteiger partial charge in [-0.3, -0.25) is 0 Å². The summed E-state index contributed by atoms with van der Waals surface area (Å²) in [5, 5.41) is 8.29. The van der Waals surface area contributed by atoms with Crippen LogP contribution < -0.4 is 15.9 Å². The molecule has 0 fully saturated rings. The van der Waals surface area contributed by atoms with Gasteiger partial charge in [-0.25, -0.2) is 4.98 Å². The number of para-hydroxylation sites is 2. The third-order valence-corrected chi connectivity index (χ3v) is 14.7. The first kappa shape index (κ1) is 34.9. The third-order valence-electron chi connectivity index (χ3n) is 11.7. The topological polar surface area (TPSA) is 34.9 Å². The van der Waals surface area contributed by atoms with Gasteiger partial charge in [-0.15, -0.1) is 0 Å². The van der Waals surface area contributed by atoms with Crippen LogP contribution in [0.1, 0.15) is 0 Å². The van der Waals surface area contributed by atoms with Crippen molar-refractivity contribution in [1.82, 2.24) is 9.55 Å². The van der Waals surface area contributed by atoms with Crippen LogP contribution in [-0.2, 0) is 4.57 Å². The molecular formula is C55H37N2OP. The SMILES string of the molecule is O=P(c1ccccc1)(c1ccccc1)c1ccc(-c2cccc(-c3cccc4nc(-c5ccccc5)c5cc6c(cc5c34)c3ccccc3n6-c3ccccc3)c2)cc1. The molecule has 0 radical (unpaired) electrons. The van der Waals surface area contributed by atoms with E-state index in [0.717, 1.165) is 76.9 Å². The summed E-state index contributed by atoms with van der Waals surface area (Å²) < 4.78 is 17.4. The average molecular weight is 773 g/mol. The van der Waals surface area contributed by atoms with Crippen LogP contribution in [0.3, 0.4) is 0 Å². The van der Waals surface area contributed by atoms with E-state index in [2.05, 4.69) is 156 Å². The number of pyridine rings is 1. The summed E-state index contributed by atoms with van der Waals surface area (Å²) in [5.74, 6) is 0. The van der Waals surface area contributed by atoms with Crippen molar-refractivity contribution in [2.75, 3.05) is 0 Å². The van der Waals surface area contributed by atoms with E-state index in [1.807, 2.05) is 72.8 Å². The van der Waals surface area contributed by atoms with Gasteiger partial charge in [-0.05, 0) is 70.1 Å². The lowest BCUT2D eigenvalue weighted by Gasteiger charge is -2.20. The van der Waals surface area contributed by atoms with Crippen molar-refractivity contribution in [3.63, 3.8) is 0 Å². The fraction of sp³-hybridized carbons (Fsp3) is 0. The zero-order chi connectivity index (χ0) is 39.3. The van der Waals surface area contributed by atoms with Crippen molar-refractivity contribution >= 4 is 66.5 Å². The molecular weight excluding hydrogens is 736 g/mol. The molecule has 0 saturated carbocycles. The van der Waals surface area contributed by atoms with E-state index in [1.165, 1.54) is 21.7 Å². The lowest BCUT2D eigenvalue weighted by atomic mass is 9.92. The second kappa shape index (κ2) is 14.3. The van der Waals surface area contributed by atoms with Crippen molar-refractivity contribution in [3.05, 3.63) is 224 Å². The van der Waals surface area contributed by atoms with Crippen LogP contribution in [0.5, 0.6) is 0 Å². The highest BCUT2D eigenvalue weighted by Crippen LogP contribution is 2.44. The number of fused-ring (bicyclic) bond motifs is 6. The molecule has 0 bridgehead atoms. The molecule has 0 spiro atoms. The lowest BCUT2D eigenvalue weighted by molar-refractivity contribution is 0.592. The smallest absolute Gasteiger partial charge is 0.171 e. The Bertz CT molecular complexity index is 3340. The molecule has 11 rings (SSSR count). The predicted octanol–water partition coefficient (Wildman–Crippen LogP) is 13.1. The van der Waals surface area contributed by atoms with Gasteiger partial charge in [0.05, 0.1) is 22.2 Å². The number of aromatic nitrogens is 2. The Kier molecular flexibility index (Phi) is 8.43. The van der Waals surface area contributed by atoms with E-state index in [1.54, 1.807) is 0 Å². The zero-order valence-electron chi connectivity index (χ0n) is 32.1. The number of rotatable bonds is 7. The highest BCUT2D eigenvalue weighted by molar-refractivity contribution is 7.85. The van der Waals surface area contributed by atoms with Gasteiger partial charge in [0.2, 0.25) is 0 Å². The molecule has 11 aromatic rings. The summed E-state index contributed by atoms with van der Waals surface area (Å²) >= 11 is 0. The predicted molar refractivity (Wildman–Crippen MR) is 249 cm³/mol. The summed E-state index contributed by atoms with van der Waals surface area (Å²) in [6.07, 6.45) is 0. The third kappa shape index (κ3) is 5.82. The maximum atomic E-state index is 15.1. The van der Waals surface area contributed by atoms with Gasteiger partial charge in [0.15, 0.2) is 7.14 Å². The van der Waals surface area contributed by atoms with Crippen molar-refractivity contribution in [3.8, 4) is 39.2 Å². The second-order valence-electron chi connectivity index (χ2n) is 15.0. The fourth-order valence-electron chi connectivity index (χ4n) is 8.88. The first-order chi connectivity index (χ1) is 29.1. The van der Waals surface area contributed by atoms with Crippen LogP contribution >= 0.6 is 7.14 Å². The Labute approximate surface area is 342 Å². The Hall–Kier alpha value is -7.32. The summed E-state index contributed by atoms with van der Waals surface area (Å²) in [6.45, 7) is 0. The van der Waals surface area contributed by atoms with E-state index in [9.17, 15) is 0 Å². The maximum Gasteiger partial charge on any atom is 0.171 e. The van der Waals surface area contributed by atoms with E-state index in [4.69, 9.17) is 4.98 Å². The molecule has 0 aliphatic heterocycles. The fourth-order valence-corrected chi connectivity index (χ4v) is 11.5. The molecule has 0 amide bonds. The van der Waals surface area contributed by atoms with E-state index >= 15 is 4.57 Å². The largest absolute Gasteiger partial charge is 0.309 e. The number of benzene rings is 9. The van der Waals surface area contributed by atoms with Gasteiger partial charge in [0.25, 0.3) is 0 Å². The monoisotopic (exact) mass is 772 g/mol. The summed E-state index contributed by atoms with van der Waals surface area (Å²) in [5.41, 5.74) is 10.8. The minimum absolute atomic E-state index is 0.815. The van der Waals surface area contributed by atoms with Gasteiger partial charge in [-0.1, -0.05) is 182 Å². The second-order valence-corrected chi connectivity index (χ2v) is 17.8. The molecule has 2 heterocycles. The standard InChI is InChI=1S/C55H37N2OP/c58-59(43-23-9-3-10-24-43,44-25-11-4-12-26-44)45-33-31-38(32-34-45)40-19-15-20-41(35-40)46-28-16-29-51-54(46)49-36-48-47-27-13-14-30-52(47)57(42-21-7-2-8-22-42)53(48)37-50(49)55(56-51)39-17-5-1-6-18-39/h1-37H. The average Bonchev–Trinajstić information content (AvgIpc) is 3.64. The van der Waals surface area contributed by atoms with E-state index in [0.29, 0.717) is 0 Å². The van der Waals surface area contributed by atoms with Gasteiger partial charge in [0.1, 0.15) is 0 Å². The van der Waals surface area contributed by atoms with E-state index in [-0.39, 0.29) is 0 Å². The van der Waals surface area contributed by atoms with Gasteiger partial charge in [0, 0.05) is 48.7 Å². The summed E-state index contributed by atoms with van der Waals surface area (Å²) in [7, 11) is -3.08. The number of nitrogens with zero attached hydrogens (tertiary/aromatic N) is 2. The normalized spacial score (nSPS) is 11.8. The first-order valence-electron chi connectivity index (χ1n) is 20.0. The van der Waals surface area contributed by atoms with Crippen molar-refractivity contribution in [2.45, 2.75) is 0 Å². The molecule has 278 valence electrons. The van der Waals surface area contributed by atoms with Crippen LogP contribution in [0.25, 0.3) is 82.7 Å². The van der Waals surface area contributed by atoms with E-state index < -0.39 is 7.14 Å². The highest BCUT2D eigenvalue weighted by Gasteiger charge is 2.29. The zero-order valence-corrected chi connectivity index (χ0v) is 33.0. The Morgan fingerprint density at radius 1 is 0.373 bits per heavy atom. The van der Waals surface area contributed by atoms with Crippen molar-refractivity contribution in [1.29, 1.82) is 0 Å². The minimum Gasteiger partial charge on any atom is -0.309 e. The van der Waals surface area contributed by atoms with Crippen LogP contribution in [0.15, 0.2) is 224 Å². The minimum atomic E-state index is -3.08. The number of hydrogen-bond acceptors (Lipinski definition) is 2. The Morgan fingerprint density at radius 3 is 1.66 bits per heavy atom. The van der Waals surface area contributed by atoms with Gasteiger partial charge >= 0.3 is 0 Å². The van der Waals surface area contributed by atoms with Crippen molar-refractivity contribution < 1.29 is 4.57 Å². The molecule has 0 aliphatic rings. The molecule has 0 aliphatic carbocycles. The van der Waals surface area contributed by atoms with Crippen LogP contribution in [-0.4, -0.2) is 9.55 Å². The Balaban J connectivity index is 1.10. The quantitative estimate of drug-likeness (QED) is 0.119. The lowest BCUT2D eigenvalue weighted by Crippen LogP contribution is -2.24. The molecule has 59 heavy (non-hydrogen) atoms. The summed E-state index contributed by atoms with van der Waals surface area (Å²) in [4.78, 5) is 5.45. The molecule has 9 aromatic carbocycles. The molecule has 2 aromatic heterocycles. The molecule has 4 heteroatoms. The van der Waals surface area contributed by atoms with Gasteiger partial charge in [-0.2, -0.15) is 0 Å². The summed E-state index contributed by atoms with van der Waals surface area (Å²) in [6, 6.07) is 77.9. The molecule has 0 atom stereocenters. The van der Waals surface area contributed by atoms with Gasteiger partial charge < -0.3 is 9.13 Å². The maximum absolute atomic E-state index is 15.1. The molecule has 0 unspecified atom stereocenters. The van der Waals surface area contributed by atoms with Crippen LogP contribution in [0.2, 0.25) is 0 Å². The Morgan fingerprint density at radius 2 is 0.949 bits per heavy atom. The molecule has 3 nitrogen and oxygen atoms in total. The highest BCUT2D eigenvalue weighted by atomic mass is 31.2.